The summed E-state index contributed by atoms with van der Waals surface area (Å²) in [6, 6.07) is 10.0. The molecule has 0 spiro atoms. The molecular weight excluding hydrogens is 328 g/mol. The van der Waals surface area contributed by atoms with Crippen molar-refractivity contribution in [1.29, 1.82) is 0 Å². The van der Waals surface area contributed by atoms with Gasteiger partial charge < -0.3 is 20.5 Å². The molecule has 0 saturated carbocycles. The zero-order valence-electron chi connectivity index (χ0n) is 14.9. The summed E-state index contributed by atoms with van der Waals surface area (Å²) in [5, 5.41) is 7.56. The van der Waals surface area contributed by atoms with Gasteiger partial charge >= 0.3 is 0 Å². The van der Waals surface area contributed by atoms with E-state index in [9.17, 15) is 4.79 Å². The second-order valence-corrected chi connectivity index (χ2v) is 6.76. The smallest absolute Gasteiger partial charge is 0.231 e. The minimum atomic E-state index is 0.190. The lowest BCUT2D eigenvalue weighted by atomic mass is 10.2. The average Bonchev–Trinajstić information content (AvgIpc) is 3.24. The first-order valence-corrected chi connectivity index (χ1v) is 8.89. The lowest BCUT2D eigenvalue weighted by Crippen LogP contribution is -2.23. The lowest BCUT2D eigenvalue weighted by molar-refractivity contribution is -0.117. The molecule has 26 heavy (non-hydrogen) atoms. The number of aromatic amines is 1. The van der Waals surface area contributed by atoms with Crippen molar-refractivity contribution in [3.05, 3.63) is 36.5 Å². The molecule has 7 nitrogen and oxygen atoms in total. The number of hydrogen-bond acceptors (Lipinski definition) is 5. The highest BCUT2D eigenvalue weighted by Gasteiger charge is 2.21. The van der Waals surface area contributed by atoms with Gasteiger partial charge in [0.25, 0.3) is 0 Å². The van der Waals surface area contributed by atoms with Crippen LogP contribution in [0.25, 0.3) is 11.0 Å². The summed E-state index contributed by atoms with van der Waals surface area (Å²) in [6.07, 6.45) is 3.42. The van der Waals surface area contributed by atoms with Gasteiger partial charge in [-0.2, -0.15) is 9.97 Å². The van der Waals surface area contributed by atoms with E-state index in [1.54, 1.807) is 0 Å². The van der Waals surface area contributed by atoms with Crippen LogP contribution >= 0.6 is 0 Å². The zero-order valence-corrected chi connectivity index (χ0v) is 14.9. The van der Waals surface area contributed by atoms with E-state index in [-0.39, 0.29) is 11.9 Å². The first kappa shape index (κ1) is 16.4. The van der Waals surface area contributed by atoms with Crippen LogP contribution in [0.15, 0.2) is 36.5 Å². The van der Waals surface area contributed by atoms with Crippen molar-refractivity contribution in [3.63, 3.8) is 0 Å². The van der Waals surface area contributed by atoms with Crippen molar-refractivity contribution in [1.82, 2.24) is 15.0 Å². The van der Waals surface area contributed by atoms with Gasteiger partial charge in [0.15, 0.2) is 0 Å². The fourth-order valence-electron chi connectivity index (χ4n) is 3.16. The molecule has 0 unspecified atom stereocenters. The standard InChI is InChI=1S/C19H22N6O/c1-12(2)21-18-15-9-10-20-17(15)23-19(24-18)22-13-5-7-14(8-6-13)25-11-3-4-16(25)26/h5-10,12H,3-4,11H2,1-2H3,(H3,20,21,22,23,24). The summed E-state index contributed by atoms with van der Waals surface area (Å²) in [5.74, 6) is 1.51. The van der Waals surface area contributed by atoms with E-state index in [1.165, 1.54) is 0 Å². The van der Waals surface area contributed by atoms with E-state index >= 15 is 0 Å². The van der Waals surface area contributed by atoms with Gasteiger partial charge in [0.2, 0.25) is 11.9 Å². The van der Waals surface area contributed by atoms with Gasteiger partial charge in [-0.3, -0.25) is 4.79 Å². The highest BCUT2D eigenvalue weighted by molar-refractivity contribution is 5.95. The fraction of sp³-hybridized carbons (Fsp3) is 0.316. The average molecular weight is 350 g/mol. The van der Waals surface area contributed by atoms with Crippen LogP contribution in [0.4, 0.5) is 23.1 Å². The Hall–Kier alpha value is -3.09. The van der Waals surface area contributed by atoms with E-state index in [1.807, 2.05) is 41.4 Å². The van der Waals surface area contributed by atoms with Crippen molar-refractivity contribution >= 4 is 40.1 Å². The molecule has 0 aliphatic carbocycles. The predicted octanol–water partition coefficient (Wildman–Crippen LogP) is 3.65. The summed E-state index contributed by atoms with van der Waals surface area (Å²) in [7, 11) is 0. The summed E-state index contributed by atoms with van der Waals surface area (Å²) in [5.41, 5.74) is 2.59. The Balaban J connectivity index is 1.57. The van der Waals surface area contributed by atoms with E-state index in [0.29, 0.717) is 12.4 Å². The van der Waals surface area contributed by atoms with Crippen LogP contribution in [0.1, 0.15) is 26.7 Å². The molecule has 0 radical (unpaired) electrons. The second-order valence-electron chi connectivity index (χ2n) is 6.76. The second kappa shape index (κ2) is 6.67. The number of anilines is 4. The van der Waals surface area contributed by atoms with Gasteiger partial charge in [-0.25, -0.2) is 0 Å². The minimum Gasteiger partial charge on any atom is -0.367 e. The van der Waals surface area contributed by atoms with Crippen LogP contribution in [0.2, 0.25) is 0 Å². The summed E-state index contributed by atoms with van der Waals surface area (Å²) >= 11 is 0. The molecule has 7 heteroatoms. The van der Waals surface area contributed by atoms with Crippen molar-refractivity contribution in [2.24, 2.45) is 0 Å². The maximum absolute atomic E-state index is 11.9. The molecule has 1 saturated heterocycles. The molecule has 1 aromatic carbocycles. The number of carbonyl (C=O) groups excluding carboxylic acids is 1. The molecule has 3 N–H and O–H groups in total. The van der Waals surface area contributed by atoms with Crippen LogP contribution in [0, 0.1) is 0 Å². The molecule has 1 amide bonds. The first-order chi connectivity index (χ1) is 12.6. The van der Waals surface area contributed by atoms with Crippen LogP contribution in [0.3, 0.4) is 0 Å². The normalized spacial score (nSPS) is 14.4. The number of H-pyrrole nitrogens is 1. The zero-order chi connectivity index (χ0) is 18.1. The first-order valence-electron chi connectivity index (χ1n) is 8.89. The van der Waals surface area contributed by atoms with Crippen LogP contribution < -0.4 is 15.5 Å². The predicted molar refractivity (Wildman–Crippen MR) is 104 cm³/mol. The molecule has 1 aliphatic rings. The van der Waals surface area contributed by atoms with E-state index in [2.05, 4.69) is 39.4 Å². The number of benzene rings is 1. The van der Waals surface area contributed by atoms with Crippen LogP contribution in [-0.2, 0) is 4.79 Å². The monoisotopic (exact) mass is 350 g/mol. The van der Waals surface area contributed by atoms with Gasteiger partial charge in [-0.1, -0.05) is 0 Å². The number of rotatable bonds is 5. The molecule has 3 aromatic rings. The summed E-state index contributed by atoms with van der Waals surface area (Å²) in [6.45, 7) is 4.95. The van der Waals surface area contributed by atoms with Gasteiger partial charge in [0, 0.05) is 36.6 Å². The molecule has 134 valence electrons. The third kappa shape index (κ3) is 3.20. The van der Waals surface area contributed by atoms with Crippen molar-refractivity contribution < 1.29 is 4.79 Å². The topological polar surface area (TPSA) is 85.9 Å². The number of nitrogens with one attached hydrogen (secondary N) is 3. The number of aromatic nitrogens is 3. The van der Waals surface area contributed by atoms with Gasteiger partial charge in [0.1, 0.15) is 11.5 Å². The third-order valence-corrected chi connectivity index (χ3v) is 4.35. The molecule has 0 bridgehead atoms. The Kier molecular flexibility index (Phi) is 4.20. The number of nitrogens with zero attached hydrogens (tertiary/aromatic N) is 3. The Labute approximate surface area is 151 Å². The van der Waals surface area contributed by atoms with Gasteiger partial charge in [-0.15, -0.1) is 0 Å². The fourth-order valence-corrected chi connectivity index (χ4v) is 3.16. The molecule has 3 heterocycles. The Morgan fingerprint density at radius 2 is 1.96 bits per heavy atom. The third-order valence-electron chi connectivity index (χ3n) is 4.35. The van der Waals surface area contributed by atoms with E-state index < -0.39 is 0 Å². The molecule has 0 atom stereocenters. The Morgan fingerprint density at radius 1 is 1.15 bits per heavy atom. The quantitative estimate of drug-likeness (QED) is 0.654. The molecule has 4 rings (SSSR count). The SMILES string of the molecule is CC(C)Nc1nc(Nc2ccc(N3CCCC3=O)cc2)nc2[nH]ccc12. The Morgan fingerprint density at radius 3 is 2.65 bits per heavy atom. The number of fused-ring (bicyclic) bond motifs is 1. The van der Waals surface area contributed by atoms with Crippen LogP contribution in [0.5, 0.6) is 0 Å². The number of amides is 1. The van der Waals surface area contributed by atoms with Crippen molar-refractivity contribution in [3.8, 4) is 0 Å². The highest BCUT2D eigenvalue weighted by atomic mass is 16.2. The number of hydrogen-bond donors (Lipinski definition) is 3. The molecular formula is C19H22N6O. The maximum atomic E-state index is 11.9. The van der Waals surface area contributed by atoms with Crippen LogP contribution in [-0.4, -0.2) is 33.4 Å². The summed E-state index contributed by atoms with van der Waals surface area (Å²) < 4.78 is 0. The van der Waals surface area contributed by atoms with Crippen molar-refractivity contribution in [2.75, 3.05) is 22.1 Å². The molecule has 1 fully saturated rings. The van der Waals surface area contributed by atoms with E-state index in [0.717, 1.165) is 41.2 Å². The lowest BCUT2D eigenvalue weighted by Gasteiger charge is -2.16. The molecule has 1 aliphatic heterocycles. The minimum absolute atomic E-state index is 0.190. The number of carbonyl (C=O) groups is 1. The summed E-state index contributed by atoms with van der Waals surface area (Å²) in [4.78, 5) is 26.0. The maximum Gasteiger partial charge on any atom is 0.231 e. The Bertz CT molecular complexity index is 931. The highest BCUT2D eigenvalue weighted by Crippen LogP contribution is 2.26. The molecule has 2 aromatic heterocycles. The van der Waals surface area contributed by atoms with E-state index in [4.69, 9.17) is 0 Å². The van der Waals surface area contributed by atoms with Crippen molar-refractivity contribution in [2.45, 2.75) is 32.7 Å². The van der Waals surface area contributed by atoms with Gasteiger partial charge in [0.05, 0.1) is 5.39 Å². The largest absolute Gasteiger partial charge is 0.367 e. The van der Waals surface area contributed by atoms with Gasteiger partial charge in [-0.05, 0) is 50.6 Å².